The highest BCUT2D eigenvalue weighted by molar-refractivity contribution is 5.97. The number of nitrogens with zero attached hydrogens (tertiary/aromatic N) is 1. The first-order valence-corrected chi connectivity index (χ1v) is 24.5. The summed E-state index contributed by atoms with van der Waals surface area (Å²) in [6.45, 7) is 15.5. The molecule has 1 rings (SSSR count). The zero-order chi connectivity index (χ0) is 51.9. The highest BCUT2D eigenvalue weighted by Crippen LogP contribution is 2.22. The van der Waals surface area contributed by atoms with Crippen LogP contribution in [0.25, 0.3) is 0 Å². The Balaban J connectivity index is 2.89. The van der Waals surface area contributed by atoms with Crippen molar-refractivity contribution >= 4 is 53.2 Å². The maximum absolute atomic E-state index is 13.8. The zero-order valence-electron chi connectivity index (χ0n) is 42.3. The van der Waals surface area contributed by atoms with Crippen LogP contribution in [-0.2, 0) is 57.4 Å². The van der Waals surface area contributed by atoms with E-state index in [1.165, 1.54) is 18.7 Å². The minimum Gasteiger partial charge on any atom is -0.379 e. The normalized spacial score (nSPS) is 16.5. The third kappa shape index (κ3) is 24.9. The van der Waals surface area contributed by atoms with Crippen LogP contribution in [0.4, 0.5) is 0 Å². The second kappa shape index (κ2) is 35.2. The molecule has 0 saturated carbocycles. The van der Waals surface area contributed by atoms with E-state index in [0.717, 1.165) is 0 Å². The van der Waals surface area contributed by atoms with Crippen LogP contribution in [-0.4, -0.2) is 173 Å². The number of hydrogen-bond acceptors (Lipinski definition) is 14. The van der Waals surface area contributed by atoms with Crippen LogP contribution in [0.3, 0.4) is 0 Å². The summed E-state index contributed by atoms with van der Waals surface area (Å²) < 4.78 is 16.5. The van der Waals surface area contributed by atoms with Crippen molar-refractivity contribution in [3.63, 3.8) is 0 Å². The first-order valence-electron chi connectivity index (χ1n) is 24.5. The standard InChI is InChI=1S/C46H85N11O12/c1-9-30(4)39(56-44(64)36-16-12-22-57(36)46(66)38(29(2)3)55-40(60)31(5)49-8)45(65)52-32(6)41(61)53-35(17-18-37(48)59)43(63)54-34(15-10-11-19-47)42(62)51-21-14-24-68-26-28-69-27-25-67-23-13-20-50-33(7)58/h29-32,34-36,38-39,49H,9-28,47H2,1-8H3,(H2,48,59)(H,50,58)(H,51,62)(H,52,65)(H,53,61)(H,54,63)(H,55,60)(H,56,64)/t30-,31-,32-,34-,35-,36-,38-,39-/m0/s1. The molecular formula is C46H85N11O12. The summed E-state index contributed by atoms with van der Waals surface area (Å²) >= 11 is 0. The third-order valence-corrected chi connectivity index (χ3v) is 11.7. The monoisotopic (exact) mass is 984 g/mol. The Bertz CT molecular complexity index is 1620. The smallest absolute Gasteiger partial charge is 0.246 e. The van der Waals surface area contributed by atoms with Crippen molar-refractivity contribution in [2.45, 2.75) is 155 Å². The Kier molecular flexibility index (Phi) is 31.6. The average Bonchev–Trinajstić information content (AvgIpc) is 3.81. The maximum atomic E-state index is 13.8. The number of ether oxygens (including phenoxy) is 3. The van der Waals surface area contributed by atoms with Gasteiger partial charge in [-0.1, -0.05) is 34.1 Å². The summed E-state index contributed by atoms with van der Waals surface area (Å²) in [6.07, 6.45) is 3.40. The lowest BCUT2D eigenvalue weighted by molar-refractivity contribution is -0.143. The molecule has 69 heavy (non-hydrogen) atoms. The number of carbonyl (C=O) groups is 9. The molecule has 1 aliphatic heterocycles. The van der Waals surface area contributed by atoms with Crippen LogP contribution in [0, 0.1) is 11.8 Å². The van der Waals surface area contributed by atoms with E-state index in [1.807, 2.05) is 6.92 Å². The van der Waals surface area contributed by atoms with Crippen LogP contribution in [0.2, 0.25) is 0 Å². The van der Waals surface area contributed by atoms with E-state index in [1.54, 1.807) is 34.7 Å². The molecule has 0 aliphatic carbocycles. The van der Waals surface area contributed by atoms with Gasteiger partial charge in [0.05, 0.1) is 32.5 Å². The summed E-state index contributed by atoms with van der Waals surface area (Å²) in [4.78, 5) is 119. The van der Waals surface area contributed by atoms with Gasteiger partial charge in [0.1, 0.15) is 36.3 Å². The molecule has 1 heterocycles. The predicted molar refractivity (Wildman–Crippen MR) is 258 cm³/mol. The van der Waals surface area contributed by atoms with Gasteiger partial charge in [-0.2, -0.15) is 0 Å². The SMILES string of the molecule is CC[C@H](C)[C@H](NC(=O)[C@@H]1CCCN1C(=O)[C@@H](NC(=O)[C@H](C)NC)C(C)C)C(=O)N[C@@H](C)C(=O)N[C@@H](CCC(N)=O)C(=O)N[C@@H](CCCCN)C(=O)NCCCOCCOCCOCCCNC(C)=O. The molecule has 0 unspecified atom stereocenters. The molecule has 0 aromatic carbocycles. The van der Waals surface area contributed by atoms with Crippen molar-refractivity contribution in [2.24, 2.45) is 23.3 Å². The van der Waals surface area contributed by atoms with Crippen molar-refractivity contribution in [3.8, 4) is 0 Å². The molecule has 23 nitrogen and oxygen atoms in total. The van der Waals surface area contributed by atoms with E-state index in [9.17, 15) is 43.2 Å². The van der Waals surface area contributed by atoms with Gasteiger partial charge in [0.15, 0.2) is 0 Å². The van der Waals surface area contributed by atoms with Crippen molar-refractivity contribution in [1.82, 2.24) is 47.4 Å². The number of likely N-dealkylation sites (tertiary alicyclic amines) is 1. The largest absolute Gasteiger partial charge is 0.379 e. The summed E-state index contributed by atoms with van der Waals surface area (Å²) in [5.41, 5.74) is 11.1. The van der Waals surface area contributed by atoms with Gasteiger partial charge in [0, 0.05) is 46.2 Å². The molecule has 0 aromatic heterocycles. The molecule has 1 saturated heterocycles. The van der Waals surface area contributed by atoms with Crippen LogP contribution in [0.15, 0.2) is 0 Å². The summed E-state index contributed by atoms with van der Waals surface area (Å²) in [5, 5.41) is 21.9. The summed E-state index contributed by atoms with van der Waals surface area (Å²) in [5.74, 6) is -5.45. The number of carbonyl (C=O) groups excluding carboxylic acids is 9. The lowest BCUT2D eigenvalue weighted by atomic mass is 9.97. The van der Waals surface area contributed by atoms with Crippen LogP contribution in [0.5, 0.6) is 0 Å². The Hall–Kier alpha value is -4.97. The fourth-order valence-electron chi connectivity index (χ4n) is 7.10. The Morgan fingerprint density at radius 2 is 1.20 bits per heavy atom. The third-order valence-electron chi connectivity index (χ3n) is 11.7. The maximum Gasteiger partial charge on any atom is 0.246 e. The average molecular weight is 984 g/mol. The molecule has 8 atom stereocenters. The summed E-state index contributed by atoms with van der Waals surface area (Å²) in [6, 6.07) is -6.97. The second-order valence-corrected chi connectivity index (χ2v) is 17.8. The molecule has 396 valence electrons. The van der Waals surface area contributed by atoms with Crippen LogP contribution in [0.1, 0.15) is 113 Å². The first kappa shape index (κ1) is 62.0. The van der Waals surface area contributed by atoms with E-state index in [-0.39, 0.29) is 50.1 Å². The van der Waals surface area contributed by atoms with Gasteiger partial charge in [0.25, 0.3) is 0 Å². The molecule has 0 bridgehead atoms. The molecule has 23 heteroatoms. The molecule has 0 radical (unpaired) electrons. The Labute approximate surface area is 408 Å². The van der Waals surface area contributed by atoms with Crippen molar-refractivity contribution < 1.29 is 57.4 Å². The lowest BCUT2D eigenvalue weighted by Crippen LogP contribution is -2.60. The van der Waals surface area contributed by atoms with Gasteiger partial charge < -0.3 is 73.1 Å². The Morgan fingerprint density at radius 3 is 1.75 bits per heavy atom. The van der Waals surface area contributed by atoms with E-state index in [4.69, 9.17) is 25.7 Å². The number of nitrogens with one attached hydrogen (secondary N) is 8. The molecule has 0 spiro atoms. The van der Waals surface area contributed by atoms with Gasteiger partial charge >= 0.3 is 0 Å². The van der Waals surface area contributed by atoms with Crippen molar-refractivity contribution in [2.75, 3.05) is 72.9 Å². The number of unbranched alkanes of at least 4 members (excludes halogenated alkanes) is 1. The van der Waals surface area contributed by atoms with E-state index in [2.05, 4.69) is 42.5 Å². The van der Waals surface area contributed by atoms with Crippen LogP contribution < -0.4 is 54.0 Å². The highest BCUT2D eigenvalue weighted by atomic mass is 16.5. The zero-order valence-corrected chi connectivity index (χ0v) is 42.3. The second-order valence-electron chi connectivity index (χ2n) is 17.8. The number of likely N-dealkylation sites (N-methyl/N-ethyl adjacent to an activating group) is 1. The number of rotatable bonds is 37. The van der Waals surface area contributed by atoms with Gasteiger partial charge in [-0.05, 0) is 90.6 Å². The number of amides is 9. The van der Waals surface area contributed by atoms with E-state index in [0.29, 0.717) is 97.7 Å². The van der Waals surface area contributed by atoms with Crippen LogP contribution >= 0.6 is 0 Å². The molecule has 1 fully saturated rings. The van der Waals surface area contributed by atoms with Gasteiger partial charge in [0.2, 0.25) is 53.2 Å². The molecular weight excluding hydrogens is 899 g/mol. The molecule has 0 aromatic rings. The van der Waals surface area contributed by atoms with Gasteiger partial charge in [-0.15, -0.1) is 0 Å². The Morgan fingerprint density at radius 1 is 0.638 bits per heavy atom. The highest BCUT2D eigenvalue weighted by Gasteiger charge is 2.41. The lowest BCUT2D eigenvalue weighted by Gasteiger charge is -2.32. The molecule has 1 aliphatic rings. The van der Waals surface area contributed by atoms with Crippen molar-refractivity contribution in [1.29, 1.82) is 0 Å². The summed E-state index contributed by atoms with van der Waals surface area (Å²) in [7, 11) is 1.63. The van der Waals surface area contributed by atoms with E-state index >= 15 is 0 Å². The van der Waals surface area contributed by atoms with Crippen molar-refractivity contribution in [3.05, 3.63) is 0 Å². The fourth-order valence-corrected chi connectivity index (χ4v) is 7.10. The van der Waals surface area contributed by atoms with E-state index < -0.39 is 89.6 Å². The fraction of sp³-hybridized carbons (Fsp3) is 0.804. The quantitative estimate of drug-likeness (QED) is 0.0308. The van der Waals surface area contributed by atoms with Gasteiger partial charge in [-0.25, -0.2) is 0 Å². The number of nitrogens with two attached hydrogens (primary N) is 2. The molecule has 9 amide bonds. The minimum absolute atomic E-state index is 0.0804. The number of primary amides is 1. The first-order chi connectivity index (χ1) is 32.8. The number of hydrogen-bond donors (Lipinski definition) is 10. The predicted octanol–water partition coefficient (Wildman–Crippen LogP) is -1.79. The van der Waals surface area contributed by atoms with Gasteiger partial charge in [-0.3, -0.25) is 43.2 Å². The topological polar surface area (TPSA) is 333 Å². The minimum atomic E-state index is -1.32. The molecule has 12 N–H and O–H groups in total.